The molecule has 1 aromatic carbocycles. The summed E-state index contributed by atoms with van der Waals surface area (Å²) in [7, 11) is 0. The third-order valence-corrected chi connectivity index (χ3v) is 5.36. The van der Waals surface area contributed by atoms with Gasteiger partial charge in [0.1, 0.15) is 12.8 Å². The number of carbonyl (C=O) groups excluding carboxylic acids is 2. The van der Waals surface area contributed by atoms with E-state index >= 15 is 0 Å². The first kappa shape index (κ1) is 19.1. The maximum atomic E-state index is 12.6. The summed E-state index contributed by atoms with van der Waals surface area (Å²) >= 11 is 0. The molecule has 3 unspecified atom stereocenters. The second-order valence-corrected chi connectivity index (χ2v) is 7.20. The standard InChI is InChI=1S/C19H21N3O7/c23-15-14(18(25)26)22(20-19(27)29-9-11-4-2-1-3-5-11)16-12-8-13(28-10-12)6-7-21(16)17(15)24/h1-5,12-13,16,23H,6-10H2,(H,20,27)(H,25,26). The van der Waals surface area contributed by atoms with Gasteiger partial charge in [-0.15, -0.1) is 0 Å². The van der Waals surface area contributed by atoms with Crippen molar-refractivity contribution < 1.29 is 34.1 Å². The Morgan fingerprint density at radius 3 is 2.76 bits per heavy atom. The van der Waals surface area contributed by atoms with E-state index in [1.807, 2.05) is 6.07 Å². The minimum Gasteiger partial charge on any atom is -0.501 e. The van der Waals surface area contributed by atoms with Crippen LogP contribution in [0.15, 0.2) is 41.8 Å². The van der Waals surface area contributed by atoms with Gasteiger partial charge >= 0.3 is 12.1 Å². The zero-order chi connectivity index (χ0) is 20.5. The topological polar surface area (TPSA) is 129 Å². The zero-order valence-corrected chi connectivity index (χ0v) is 15.5. The number of hydrogen-bond acceptors (Lipinski definition) is 7. The summed E-state index contributed by atoms with van der Waals surface area (Å²) < 4.78 is 10.9. The number of nitrogens with zero attached hydrogens (tertiary/aromatic N) is 2. The number of hydrogen-bond donors (Lipinski definition) is 3. The van der Waals surface area contributed by atoms with Crippen LogP contribution < -0.4 is 5.43 Å². The van der Waals surface area contributed by atoms with Gasteiger partial charge in [-0.1, -0.05) is 30.3 Å². The lowest BCUT2D eigenvalue weighted by Gasteiger charge is -2.45. The number of aliphatic hydroxyl groups excluding tert-OH is 1. The van der Waals surface area contributed by atoms with Crippen molar-refractivity contribution in [1.29, 1.82) is 0 Å². The molecule has 29 heavy (non-hydrogen) atoms. The Bertz CT molecular complexity index is 857. The van der Waals surface area contributed by atoms with Crippen molar-refractivity contribution in [1.82, 2.24) is 15.3 Å². The summed E-state index contributed by atoms with van der Waals surface area (Å²) in [5.41, 5.74) is 2.48. The van der Waals surface area contributed by atoms with E-state index in [1.165, 1.54) is 4.90 Å². The Hall–Kier alpha value is -3.27. The third-order valence-electron chi connectivity index (χ3n) is 5.36. The zero-order valence-electron chi connectivity index (χ0n) is 15.5. The highest BCUT2D eigenvalue weighted by molar-refractivity contribution is 6.01. The van der Waals surface area contributed by atoms with Crippen LogP contribution in [0.25, 0.3) is 0 Å². The van der Waals surface area contributed by atoms with Gasteiger partial charge in [-0.05, 0) is 18.4 Å². The summed E-state index contributed by atoms with van der Waals surface area (Å²) in [5.74, 6) is -3.44. The molecule has 0 aromatic heterocycles. The monoisotopic (exact) mass is 403 g/mol. The number of hydrazine groups is 1. The van der Waals surface area contributed by atoms with Crippen LogP contribution in [0.4, 0.5) is 4.79 Å². The fourth-order valence-electron chi connectivity index (χ4n) is 4.05. The Labute approximate surface area is 166 Å². The molecule has 3 N–H and O–H groups in total. The molecule has 2 bridgehead atoms. The molecular weight excluding hydrogens is 382 g/mol. The Morgan fingerprint density at radius 2 is 2.03 bits per heavy atom. The number of nitrogens with one attached hydrogen (secondary N) is 1. The maximum absolute atomic E-state index is 12.6. The molecule has 3 atom stereocenters. The number of rotatable bonds is 4. The molecule has 154 valence electrons. The number of ether oxygens (including phenoxy) is 2. The molecule has 0 radical (unpaired) electrons. The molecule has 0 spiro atoms. The molecule has 1 aromatic rings. The van der Waals surface area contributed by atoms with Crippen LogP contribution in [0, 0.1) is 5.92 Å². The van der Waals surface area contributed by atoms with Crippen molar-refractivity contribution in [2.24, 2.45) is 5.92 Å². The van der Waals surface area contributed by atoms with E-state index in [9.17, 15) is 24.6 Å². The van der Waals surface area contributed by atoms with Crippen molar-refractivity contribution in [3.8, 4) is 0 Å². The van der Waals surface area contributed by atoms with Gasteiger partial charge in [0.2, 0.25) is 5.76 Å². The second kappa shape index (κ2) is 7.63. The number of aliphatic hydroxyl groups is 1. The summed E-state index contributed by atoms with van der Waals surface area (Å²) in [4.78, 5) is 38.2. The largest absolute Gasteiger partial charge is 0.501 e. The van der Waals surface area contributed by atoms with Crippen LogP contribution >= 0.6 is 0 Å². The van der Waals surface area contributed by atoms with Crippen molar-refractivity contribution in [3.63, 3.8) is 0 Å². The fourth-order valence-corrected chi connectivity index (χ4v) is 4.05. The highest BCUT2D eigenvalue weighted by Crippen LogP contribution is 2.37. The highest BCUT2D eigenvalue weighted by atomic mass is 16.6. The Kier molecular flexibility index (Phi) is 5.01. The molecule has 3 aliphatic rings. The van der Waals surface area contributed by atoms with E-state index < -0.39 is 35.6 Å². The van der Waals surface area contributed by atoms with E-state index in [1.54, 1.807) is 24.3 Å². The van der Waals surface area contributed by atoms with Crippen molar-refractivity contribution in [2.75, 3.05) is 13.2 Å². The molecule has 3 heterocycles. The smallest absolute Gasteiger partial charge is 0.426 e. The van der Waals surface area contributed by atoms with Crippen molar-refractivity contribution in [3.05, 3.63) is 47.4 Å². The lowest BCUT2D eigenvalue weighted by atomic mass is 10.00. The van der Waals surface area contributed by atoms with Gasteiger partial charge in [-0.25, -0.2) is 20.0 Å². The minimum atomic E-state index is -1.53. The average molecular weight is 403 g/mol. The normalized spacial score (nSPS) is 26.1. The molecule has 4 rings (SSSR count). The Balaban J connectivity index is 1.59. The van der Waals surface area contributed by atoms with Gasteiger partial charge < -0.3 is 24.6 Å². The predicted octanol–water partition coefficient (Wildman–Crippen LogP) is 0.961. The third kappa shape index (κ3) is 3.58. The number of carboxylic acids is 1. The van der Waals surface area contributed by atoms with Crippen LogP contribution in [0.2, 0.25) is 0 Å². The molecule has 0 aliphatic carbocycles. The lowest BCUT2D eigenvalue weighted by molar-refractivity contribution is -0.151. The van der Waals surface area contributed by atoms with Crippen LogP contribution in [-0.4, -0.2) is 63.5 Å². The van der Waals surface area contributed by atoms with E-state index in [2.05, 4.69) is 5.43 Å². The van der Waals surface area contributed by atoms with E-state index in [0.717, 1.165) is 10.6 Å². The first-order chi connectivity index (χ1) is 14.0. The van der Waals surface area contributed by atoms with Crippen LogP contribution in [0.1, 0.15) is 18.4 Å². The lowest BCUT2D eigenvalue weighted by Crippen LogP contribution is -2.64. The van der Waals surface area contributed by atoms with Gasteiger partial charge in [0.25, 0.3) is 5.91 Å². The average Bonchev–Trinajstić information content (AvgIpc) is 3.07. The SMILES string of the molecule is O=C(NN1C(C(=O)O)=C(O)C(=O)N2CCC3CC(CO3)C21)OCc1ccccc1. The van der Waals surface area contributed by atoms with Gasteiger partial charge in [0, 0.05) is 12.5 Å². The van der Waals surface area contributed by atoms with E-state index in [4.69, 9.17) is 9.47 Å². The second-order valence-electron chi connectivity index (χ2n) is 7.20. The van der Waals surface area contributed by atoms with Crippen LogP contribution in [-0.2, 0) is 25.7 Å². The first-order valence-electron chi connectivity index (χ1n) is 9.31. The molecule has 2 saturated heterocycles. The number of carbonyl (C=O) groups is 3. The molecule has 2 fully saturated rings. The van der Waals surface area contributed by atoms with Gasteiger partial charge in [0.05, 0.1) is 12.7 Å². The molecule has 10 heteroatoms. The minimum absolute atomic E-state index is 0.0134. The number of aliphatic carboxylic acids is 1. The summed E-state index contributed by atoms with van der Waals surface area (Å²) in [6.45, 7) is 0.587. The fraction of sp³-hybridized carbons (Fsp3) is 0.421. The molecule has 2 amide bonds. The van der Waals surface area contributed by atoms with E-state index in [-0.39, 0.29) is 25.2 Å². The first-order valence-corrected chi connectivity index (χ1v) is 9.31. The summed E-state index contributed by atoms with van der Waals surface area (Å²) in [5, 5.41) is 20.9. The molecule has 3 aliphatic heterocycles. The predicted molar refractivity (Wildman–Crippen MR) is 96.9 cm³/mol. The van der Waals surface area contributed by atoms with Gasteiger partial charge in [0.15, 0.2) is 5.70 Å². The van der Waals surface area contributed by atoms with Crippen molar-refractivity contribution in [2.45, 2.75) is 31.7 Å². The van der Waals surface area contributed by atoms with Crippen LogP contribution in [0.5, 0.6) is 0 Å². The van der Waals surface area contributed by atoms with Crippen molar-refractivity contribution >= 4 is 18.0 Å². The van der Waals surface area contributed by atoms with E-state index in [0.29, 0.717) is 19.4 Å². The Morgan fingerprint density at radius 1 is 1.28 bits per heavy atom. The number of benzene rings is 1. The number of fused-ring (bicyclic) bond motifs is 4. The van der Waals surface area contributed by atoms with Gasteiger partial charge in [-0.3, -0.25) is 4.79 Å². The molecular formula is C19H21N3O7. The molecule has 10 nitrogen and oxygen atoms in total. The number of carboxylic acid groups (broad SMARTS) is 1. The molecule has 0 saturated carbocycles. The van der Waals surface area contributed by atoms with Crippen LogP contribution in [0.3, 0.4) is 0 Å². The summed E-state index contributed by atoms with van der Waals surface area (Å²) in [6.07, 6.45) is -0.531. The summed E-state index contributed by atoms with van der Waals surface area (Å²) in [6, 6.07) is 9.00. The van der Waals surface area contributed by atoms with Gasteiger partial charge in [-0.2, -0.15) is 0 Å². The quantitative estimate of drug-likeness (QED) is 0.678. The number of amides is 2. The highest BCUT2D eigenvalue weighted by Gasteiger charge is 2.50. The maximum Gasteiger partial charge on any atom is 0.426 e.